The summed E-state index contributed by atoms with van der Waals surface area (Å²) in [7, 11) is 4.02. The van der Waals surface area contributed by atoms with Crippen LogP contribution in [0.25, 0.3) is 11.4 Å². The molecule has 8 nitrogen and oxygen atoms in total. The molecular weight excluding hydrogens is 330 g/mol. The molecule has 8 heteroatoms. The molecule has 1 saturated carbocycles. The van der Waals surface area contributed by atoms with Crippen LogP contribution in [0.2, 0.25) is 0 Å². The maximum atomic E-state index is 12.6. The second-order valence-electron chi connectivity index (χ2n) is 6.98. The average molecular weight is 357 g/mol. The lowest BCUT2D eigenvalue weighted by Crippen LogP contribution is -2.39. The molecule has 0 unspecified atom stereocenters. The van der Waals surface area contributed by atoms with Crippen molar-refractivity contribution in [3.63, 3.8) is 0 Å². The van der Waals surface area contributed by atoms with Gasteiger partial charge >= 0.3 is 6.03 Å². The zero-order valence-electron chi connectivity index (χ0n) is 15.7. The molecule has 140 valence electrons. The third-order valence-corrected chi connectivity index (χ3v) is 4.36. The van der Waals surface area contributed by atoms with Crippen molar-refractivity contribution in [3.05, 3.63) is 24.3 Å². The smallest absolute Gasteiger partial charge is 0.321 e. The summed E-state index contributed by atoms with van der Waals surface area (Å²) in [6.45, 7) is 4.35. The van der Waals surface area contributed by atoms with Gasteiger partial charge in [0.05, 0.1) is 6.04 Å². The summed E-state index contributed by atoms with van der Waals surface area (Å²) >= 11 is 0. The number of amides is 2. The maximum Gasteiger partial charge on any atom is 0.321 e. The minimum absolute atomic E-state index is 0.0763. The van der Waals surface area contributed by atoms with E-state index in [2.05, 4.69) is 32.7 Å². The van der Waals surface area contributed by atoms with Crippen LogP contribution in [0.5, 0.6) is 0 Å². The minimum atomic E-state index is -0.0763. The number of rotatable bonds is 8. The van der Waals surface area contributed by atoms with Gasteiger partial charge in [0.15, 0.2) is 5.82 Å². The van der Waals surface area contributed by atoms with Gasteiger partial charge < -0.3 is 15.1 Å². The number of hydrogen-bond donors (Lipinski definition) is 1. The molecule has 1 aliphatic rings. The topological polar surface area (TPSA) is 79.2 Å². The van der Waals surface area contributed by atoms with Gasteiger partial charge in [0, 0.05) is 30.9 Å². The number of carbonyl (C=O) groups excluding carboxylic acids is 1. The van der Waals surface area contributed by atoms with Crippen molar-refractivity contribution >= 4 is 11.7 Å². The normalized spacial score (nSPS) is 13.8. The van der Waals surface area contributed by atoms with Crippen LogP contribution in [0, 0.1) is 0 Å². The molecule has 1 aliphatic carbocycles. The Kier molecular flexibility index (Phi) is 5.82. The summed E-state index contributed by atoms with van der Waals surface area (Å²) in [5, 5.41) is 15.1. The highest BCUT2D eigenvalue weighted by Gasteiger charge is 2.28. The minimum Gasteiger partial charge on any atom is -0.323 e. The highest BCUT2D eigenvalue weighted by atomic mass is 16.2. The number of carbonyl (C=O) groups is 1. The fraction of sp³-hybridized carbons (Fsp3) is 0.556. The molecule has 0 bridgehead atoms. The predicted molar refractivity (Wildman–Crippen MR) is 101 cm³/mol. The van der Waals surface area contributed by atoms with E-state index in [0.29, 0.717) is 12.6 Å². The van der Waals surface area contributed by atoms with Gasteiger partial charge in [-0.25, -0.2) is 9.48 Å². The number of urea groups is 1. The van der Waals surface area contributed by atoms with Gasteiger partial charge in [-0.3, -0.25) is 0 Å². The van der Waals surface area contributed by atoms with E-state index in [1.54, 1.807) is 0 Å². The van der Waals surface area contributed by atoms with E-state index >= 15 is 0 Å². The fourth-order valence-electron chi connectivity index (χ4n) is 2.79. The van der Waals surface area contributed by atoms with Crippen LogP contribution in [-0.4, -0.2) is 69.8 Å². The number of hydrogen-bond acceptors (Lipinski definition) is 5. The predicted octanol–water partition coefficient (Wildman–Crippen LogP) is 2.48. The van der Waals surface area contributed by atoms with Crippen LogP contribution in [0.4, 0.5) is 10.5 Å². The molecule has 0 aliphatic heterocycles. The number of nitrogens with one attached hydrogen (secondary N) is 1. The summed E-state index contributed by atoms with van der Waals surface area (Å²) in [4.78, 5) is 16.6. The summed E-state index contributed by atoms with van der Waals surface area (Å²) in [6.07, 6.45) is 3.16. The number of likely N-dealkylation sites (N-methyl/N-ethyl adjacent to an activating group) is 1. The van der Waals surface area contributed by atoms with E-state index in [9.17, 15) is 4.79 Å². The number of aromatic nitrogens is 4. The van der Waals surface area contributed by atoms with Gasteiger partial charge in [-0.15, -0.1) is 5.10 Å². The third kappa shape index (κ3) is 4.57. The zero-order chi connectivity index (χ0) is 18.5. The molecule has 1 heterocycles. The Balaban J connectivity index is 1.71. The second-order valence-corrected chi connectivity index (χ2v) is 6.98. The Morgan fingerprint density at radius 2 is 2.08 bits per heavy atom. The largest absolute Gasteiger partial charge is 0.323 e. The van der Waals surface area contributed by atoms with Gasteiger partial charge in [-0.05, 0) is 55.9 Å². The maximum absolute atomic E-state index is 12.6. The lowest BCUT2D eigenvalue weighted by atomic mass is 10.2. The monoisotopic (exact) mass is 357 g/mol. The Hall–Kier alpha value is -2.48. The summed E-state index contributed by atoms with van der Waals surface area (Å²) in [5.74, 6) is 0.752. The molecule has 26 heavy (non-hydrogen) atoms. The highest BCUT2D eigenvalue weighted by molar-refractivity contribution is 5.90. The molecule has 0 spiro atoms. The van der Waals surface area contributed by atoms with Crippen molar-refractivity contribution in [2.75, 3.05) is 39.0 Å². The van der Waals surface area contributed by atoms with Crippen molar-refractivity contribution in [3.8, 4) is 11.4 Å². The lowest BCUT2D eigenvalue weighted by molar-refractivity contribution is 0.205. The van der Waals surface area contributed by atoms with E-state index in [1.165, 1.54) is 0 Å². The molecule has 0 atom stereocenters. The van der Waals surface area contributed by atoms with Crippen molar-refractivity contribution in [2.45, 2.75) is 32.2 Å². The Morgan fingerprint density at radius 1 is 1.27 bits per heavy atom. The van der Waals surface area contributed by atoms with Gasteiger partial charge in [0.1, 0.15) is 0 Å². The van der Waals surface area contributed by atoms with Crippen LogP contribution in [0.3, 0.4) is 0 Å². The Morgan fingerprint density at radius 3 is 2.77 bits per heavy atom. The quantitative estimate of drug-likeness (QED) is 0.785. The SMILES string of the molecule is CCCN(CCN(C)C)C(=O)Nc1cccc(-c2nnnn2C2CC2)c1. The van der Waals surface area contributed by atoms with Crippen LogP contribution in [0.15, 0.2) is 24.3 Å². The van der Waals surface area contributed by atoms with Crippen LogP contribution in [-0.2, 0) is 0 Å². The summed E-state index contributed by atoms with van der Waals surface area (Å²) in [5.41, 5.74) is 1.67. The van der Waals surface area contributed by atoms with Crippen molar-refractivity contribution in [2.24, 2.45) is 0 Å². The summed E-state index contributed by atoms with van der Waals surface area (Å²) in [6, 6.07) is 8.04. The Bertz CT molecular complexity index is 739. The average Bonchev–Trinajstić information content (AvgIpc) is 3.35. The van der Waals surface area contributed by atoms with E-state index in [0.717, 1.165) is 49.4 Å². The van der Waals surface area contributed by atoms with E-state index in [-0.39, 0.29) is 6.03 Å². The molecule has 2 amide bonds. The van der Waals surface area contributed by atoms with Crippen molar-refractivity contribution in [1.82, 2.24) is 30.0 Å². The second kappa shape index (κ2) is 8.27. The van der Waals surface area contributed by atoms with Crippen molar-refractivity contribution < 1.29 is 4.79 Å². The van der Waals surface area contributed by atoms with Crippen molar-refractivity contribution in [1.29, 1.82) is 0 Å². The molecule has 2 aromatic rings. The van der Waals surface area contributed by atoms with Gasteiger partial charge in [-0.2, -0.15) is 0 Å². The first-order valence-corrected chi connectivity index (χ1v) is 9.17. The first-order chi connectivity index (χ1) is 12.6. The lowest BCUT2D eigenvalue weighted by Gasteiger charge is -2.24. The third-order valence-electron chi connectivity index (χ3n) is 4.36. The molecule has 1 aromatic heterocycles. The van der Waals surface area contributed by atoms with E-state index < -0.39 is 0 Å². The standard InChI is InChI=1S/C18H27N7O/c1-4-10-24(12-11-23(2)3)18(26)19-15-7-5-6-14(13-15)17-20-21-22-25(17)16-8-9-16/h5-7,13,16H,4,8-12H2,1-3H3,(H,19,26). The molecule has 0 radical (unpaired) electrons. The van der Waals surface area contributed by atoms with Crippen LogP contribution >= 0.6 is 0 Å². The van der Waals surface area contributed by atoms with E-state index in [4.69, 9.17) is 0 Å². The molecular formula is C18H27N7O. The number of nitrogens with zero attached hydrogens (tertiary/aromatic N) is 6. The number of tetrazole rings is 1. The number of benzene rings is 1. The molecule has 3 rings (SSSR count). The van der Waals surface area contributed by atoms with Gasteiger partial charge in [0.2, 0.25) is 0 Å². The zero-order valence-corrected chi connectivity index (χ0v) is 15.7. The Labute approximate surface area is 154 Å². The fourth-order valence-corrected chi connectivity index (χ4v) is 2.79. The number of anilines is 1. The van der Waals surface area contributed by atoms with Gasteiger partial charge in [-0.1, -0.05) is 19.1 Å². The molecule has 1 N–H and O–H groups in total. The van der Waals surface area contributed by atoms with Gasteiger partial charge in [0.25, 0.3) is 0 Å². The first kappa shape index (κ1) is 18.3. The molecule has 1 aromatic carbocycles. The molecule has 0 saturated heterocycles. The van der Waals surface area contributed by atoms with Crippen LogP contribution in [0.1, 0.15) is 32.2 Å². The molecule has 1 fully saturated rings. The summed E-state index contributed by atoms with van der Waals surface area (Å²) < 4.78 is 1.88. The first-order valence-electron chi connectivity index (χ1n) is 9.17. The highest BCUT2D eigenvalue weighted by Crippen LogP contribution is 2.36. The van der Waals surface area contributed by atoms with E-state index in [1.807, 2.05) is 47.9 Å². The van der Waals surface area contributed by atoms with Crippen LogP contribution < -0.4 is 5.32 Å².